The Hall–Kier alpha value is -2.74. The number of anilines is 2. The van der Waals surface area contributed by atoms with Crippen LogP contribution in [0.2, 0.25) is 0 Å². The number of hydrogen-bond donors (Lipinski definition) is 2. The summed E-state index contributed by atoms with van der Waals surface area (Å²) in [5, 5.41) is 5.81. The van der Waals surface area contributed by atoms with E-state index in [2.05, 4.69) is 15.6 Å². The molecular formula is C18H19N3O4S. The summed E-state index contributed by atoms with van der Waals surface area (Å²) in [6, 6.07) is 9.76. The highest BCUT2D eigenvalue weighted by atomic mass is 32.2. The molecule has 0 bridgehead atoms. The number of carbonyl (C=O) groups excluding carboxylic acids is 2. The number of rotatable bonds is 5. The summed E-state index contributed by atoms with van der Waals surface area (Å²) in [6.07, 6.45) is 1.99. The van der Waals surface area contributed by atoms with Gasteiger partial charge < -0.3 is 10.6 Å². The number of pyridine rings is 1. The third-order valence-corrected chi connectivity index (χ3v) is 5.93. The average molecular weight is 373 g/mol. The van der Waals surface area contributed by atoms with Crippen molar-refractivity contribution in [2.75, 3.05) is 22.1 Å². The van der Waals surface area contributed by atoms with E-state index in [0.29, 0.717) is 29.1 Å². The molecule has 1 aromatic heterocycles. The molecule has 8 heteroatoms. The van der Waals surface area contributed by atoms with Crippen LogP contribution in [0, 0.1) is 0 Å². The maximum Gasteiger partial charge on any atom is 0.257 e. The molecule has 136 valence electrons. The van der Waals surface area contributed by atoms with Crippen molar-refractivity contribution in [1.82, 2.24) is 4.98 Å². The van der Waals surface area contributed by atoms with E-state index in [9.17, 15) is 18.0 Å². The summed E-state index contributed by atoms with van der Waals surface area (Å²) < 4.78 is 22.9. The van der Waals surface area contributed by atoms with Gasteiger partial charge in [-0.15, -0.1) is 0 Å². The van der Waals surface area contributed by atoms with Gasteiger partial charge in [0.15, 0.2) is 15.6 Å². The number of Topliss-reactive ketones (excluding diaryl/α,β-unsaturated/α-hetero) is 1. The Morgan fingerprint density at radius 2 is 1.77 bits per heavy atom. The highest BCUT2D eigenvalue weighted by molar-refractivity contribution is 7.91. The predicted octanol–water partition coefficient (Wildman–Crippen LogP) is 2.14. The van der Waals surface area contributed by atoms with Crippen molar-refractivity contribution in [3.8, 4) is 0 Å². The van der Waals surface area contributed by atoms with Gasteiger partial charge in [-0.1, -0.05) is 0 Å². The first-order chi connectivity index (χ1) is 12.3. The normalized spacial score (nSPS) is 18.3. The Kier molecular flexibility index (Phi) is 5.03. The zero-order valence-corrected chi connectivity index (χ0v) is 15.0. The maximum absolute atomic E-state index is 12.3. The lowest BCUT2D eigenvalue weighted by molar-refractivity contribution is 0.101. The lowest BCUT2D eigenvalue weighted by Gasteiger charge is -2.11. The summed E-state index contributed by atoms with van der Waals surface area (Å²) in [6.45, 7) is 1.48. The third-order valence-electron chi connectivity index (χ3n) is 4.16. The highest BCUT2D eigenvalue weighted by Crippen LogP contribution is 2.17. The summed E-state index contributed by atoms with van der Waals surface area (Å²) in [7, 11) is -2.96. The Bertz CT molecular complexity index is 922. The highest BCUT2D eigenvalue weighted by Gasteiger charge is 2.27. The van der Waals surface area contributed by atoms with Crippen molar-refractivity contribution in [1.29, 1.82) is 0 Å². The largest absolute Gasteiger partial charge is 0.366 e. The van der Waals surface area contributed by atoms with Gasteiger partial charge >= 0.3 is 0 Å². The fourth-order valence-electron chi connectivity index (χ4n) is 2.72. The molecule has 2 heterocycles. The Morgan fingerprint density at radius 3 is 2.31 bits per heavy atom. The second-order valence-corrected chi connectivity index (χ2v) is 8.49. The summed E-state index contributed by atoms with van der Waals surface area (Å²) in [5.41, 5.74) is 1.54. The van der Waals surface area contributed by atoms with Crippen LogP contribution in [0.4, 0.5) is 11.5 Å². The van der Waals surface area contributed by atoms with Crippen LogP contribution >= 0.6 is 0 Å². The molecular weight excluding hydrogens is 354 g/mol. The van der Waals surface area contributed by atoms with Crippen molar-refractivity contribution in [3.05, 3.63) is 53.7 Å². The van der Waals surface area contributed by atoms with Gasteiger partial charge in [0.1, 0.15) is 5.82 Å². The standard InChI is InChI=1S/C18H19N3O4S/c1-12(22)13-2-5-15(6-3-13)21-18(23)14-4-7-17(19-10-14)20-16-8-9-26(24,25)11-16/h2-7,10,16H,8-9,11H2,1H3,(H,19,20)(H,21,23). The number of sulfone groups is 1. The number of benzene rings is 1. The first-order valence-corrected chi connectivity index (χ1v) is 10.00. The van der Waals surface area contributed by atoms with E-state index >= 15 is 0 Å². The fourth-order valence-corrected chi connectivity index (χ4v) is 4.40. The van der Waals surface area contributed by atoms with E-state index < -0.39 is 9.84 Å². The number of carbonyl (C=O) groups is 2. The molecule has 1 amide bonds. The van der Waals surface area contributed by atoms with Crippen LogP contribution < -0.4 is 10.6 Å². The van der Waals surface area contributed by atoms with Crippen molar-refractivity contribution in [2.24, 2.45) is 0 Å². The van der Waals surface area contributed by atoms with Crippen LogP contribution in [0.25, 0.3) is 0 Å². The van der Waals surface area contributed by atoms with Crippen molar-refractivity contribution >= 4 is 33.0 Å². The van der Waals surface area contributed by atoms with Gasteiger partial charge in [0, 0.05) is 23.5 Å². The molecule has 1 aromatic carbocycles. The predicted molar refractivity (Wildman–Crippen MR) is 99.3 cm³/mol. The van der Waals surface area contributed by atoms with Crippen LogP contribution in [0.15, 0.2) is 42.6 Å². The van der Waals surface area contributed by atoms with Crippen LogP contribution in [0.3, 0.4) is 0 Å². The van der Waals surface area contributed by atoms with E-state index in [1.807, 2.05) is 0 Å². The lowest BCUT2D eigenvalue weighted by Crippen LogP contribution is -2.21. The van der Waals surface area contributed by atoms with Gasteiger partial charge in [-0.05, 0) is 49.7 Å². The second-order valence-electron chi connectivity index (χ2n) is 6.26. The number of hydrogen-bond acceptors (Lipinski definition) is 6. The maximum atomic E-state index is 12.3. The molecule has 0 aliphatic carbocycles. The van der Waals surface area contributed by atoms with Gasteiger partial charge in [-0.25, -0.2) is 13.4 Å². The smallest absolute Gasteiger partial charge is 0.257 e. The summed E-state index contributed by atoms with van der Waals surface area (Å²) in [4.78, 5) is 27.7. The monoisotopic (exact) mass is 373 g/mol. The van der Waals surface area contributed by atoms with Gasteiger partial charge in [-0.2, -0.15) is 0 Å². The van der Waals surface area contributed by atoms with Gasteiger partial charge in [0.05, 0.1) is 17.1 Å². The molecule has 0 spiro atoms. The number of aromatic nitrogens is 1. The van der Waals surface area contributed by atoms with Crippen LogP contribution in [-0.4, -0.2) is 42.6 Å². The molecule has 26 heavy (non-hydrogen) atoms. The minimum Gasteiger partial charge on any atom is -0.366 e. The number of nitrogens with zero attached hydrogens (tertiary/aromatic N) is 1. The average Bonchev–Trinajstić information content (AvgIpc) is 2.94. The number of nitrogens with one attached hydrogen (secondary N) is 2. The van der Waals surface area contributed by atoms with Gasteiger partial charge in [0.2, 0.25) is 0 Å². The molecule has 1 unspecified atom stereocenters. The first kappa shape index (κ1) is 18.1. The first-order valence-electron chi connectivity index (χ1n) is 8.18. The summed E-state index contributed by atoms with van der Waals surface area (Å²) >= 11 is 0. The van der Waals surface area contributed by atoms with Crippen LogP contribution in [-0.2, 0) is 9.84 Å². The topological polar surface area (TPSA) is 105 Å². The third kappa shape index (κ3) is 4.45. The fraction of sp³-hybridized carbons (Fsp3) is 0.278. The molecule has 2 aromatic rings. The quantitative estimate of drug-likeness (QED) is 0.778. The Labute approximate surface area is 151 Å². The van der Waals surface area contributed by atoms with Crippen molar-refractivity contribution in [3.63, 3.8) is 0 Å². The molecule has 0 saturated carbocycles. The number of amides is 1. The zero-order chi connectivity index (χ0) is 18.7. The Morgan fingerprint density at radius 1 is 1.08 bits per heavy atom. The van der Waals surface area contributed by atoms with Crippen LogP contribution in [0.5, 0.6) is 0 Å². The van der Waals surface area contributed by atoms with Gasteiger partial charge in [-0.3, -0.25) is 9.59 Å². The summed E-state index contributed by atoms with van der Waals surface area (Å²) in [5.74, 6) is 0.476. The SMILES string of the molecule is CC(=O)c1ccc(NC(=O)c2ccc(NC3CCS(=O)(=O)C3)nc2)cc1. The van der Waals surface area contributed by atoms with E-state index in [1.54, 1.807) is 36.4 Å². The van der Waals surface area contributed by atoms with Gasteiger partial charge in [0.25, 0.3) is 5.91 Å². The molecule has 1 atom stereocenters. The minimum absolute atomic E-state index is 0.0368. The van der Waals surface area contributed by atoms with E-state index in [0.717, 1.165) is 0 Å². The van der Waals surface area contributed by atoms with Crippen molar-refractivity contribution < 1.29 is 18.0 Å². The van der Waals surface area contributed by atoms with E-state index in [-0.39, 0.29) is 29.2 Å². The molecule has 1 fully saturated rings. The molecule has 1 saturated heterocycles. The number of ketones is 1. The van der Waals surface area contributed by atoms with E-state index in [4.69, 9.17) is 0 Å². The van der Waals surface area contributed by atoms with E-state index in [1.165, 1.54) is 13.1 Å². The molecule has 1 aliphatic rings. The molecule has 2 N–H and O–H groups in total. The van der Waals surface area contributed by atoms with Crippen LogP contribution in [0.1, 0.15) is 34.1 Å². The molecule has 3 rings (SSSR count). The minimum atomic E-state index is -2.96. The molecule has 1 aliphatic heterocycles. The van der Waals surface area contributed by atoms with Crippen molar-refractivity contribution in [2.45, 2.75) is 19.4 Å². The zero-order valence-electron chi connectivity index (χ0n) is 14.2. The lowest BCUT2D eigenvalue weighted by atomic mass is 10.1. The second kappa shape index (κ2) is 7.25. The Balaban J connectivity index is 1.61. The molecule has 7 nitrogen and oxygen atoms in total. The molecule has 0 radical (unpaired) electrons.